The van der Waals surface area contributed by atoms with Crippen LogP contribution in [0.4, 0.5) is 10.5 Å². The van der Waals surface area contributed by atoms with Gasteiger partial charge in [0.1, 0.15) is 0 Å². The molecule has 0 saturated carbocycles. The molecule has 2 aromatic carbocycles. The van der Waals surface area contributed by atoms with Crippen molar-refractivity contribution in [2.24, 2.45) is 0 Å². The Morgan fingerprint density at radius 2 is 1.75 bits per heavy atom. The van der Waals surface area contributed by atoms with Gasteiger partial charge in [0.15, 0.2) is 11.5 Å². The molecule has 1 aliphatic rings. The molecule has 0 aromatic heterocycles. The number of hydrogen-bond acceptors (Lipinski definition) is 5. The van der Waals surface area contributed by atoms with Crippen LogP contribution in [0.25, 0.3) is 0 Å². The summed E-state index contributed by atoms with van der Waals surface area (Å²) < 4.78 is 11.3. The fourth-order valence-corrected chi connectivity index (χ4v) is 3.87. The highest BCUT2D eigenvalue weighted by Crippen LogP contribution is 2.30. The van der Waals surface area contributed by atoms with E-state index in [2.05, 4.69) is 21.6 Å². The number of ether oxygens (including phenoxy) is 2. The molecule has 1 aliphatic heterocycles. The highest BCUT2D eigenvalue weighted by Gasteiger charge is 2.22. The zero-order valence-corrected chi connectivity index (χ0v) is 19.1. The molecule has 1 heterocycles. The number of hydrogen-bond donors (Lipinski definition) is 2. The van der Waals surface area contributed by atoms with E-state index in [9.17, 15) is 4.79 Å². The Morgan fingerprint density at radius 1 is 1.09 bits per heavy atom. The number of rotatable bonds is 8. The molecule has 0 spiro atoms. The van der Waals surface area contributed by atoms with Gasteiger partial charge in [-0.05, 0) is 75.6 Å². The van der Waals surface area contributed by atoms with E-state index < -0.39 is 0 Å². The minimum absolute atomic E-state index is 0.135. The van der Waals surface area contributed by atoms with Gasteiger partial charge in [0.2, 0.25) is 0 Å². The van der Waals surface area contributed by atoms with E-state index >= 15 is 0 Å². The van der Waals surface area contributed by atoms with Crippen molar-refractivity contribution >= 4 is 11.7 Å². The summed E-state index contributed by atoms with van der Waals surface area (Å²) in [4.78, 5) is 14.9. The van der Waals surface area contributed by atoms with Gasteiger partial charge in [-0.2, -0.15) is 5.26 Å². The summed E-state index contributed by atoms with van der Waals surface area (Å²) in [6.45, 7) is 8.67. The number of anilines is 1. The van der Waals surface area contributed by atoms with Gasteiger partial charge in [-0.3, -0.25) is 0 Å². The monoisotopic (exact) mass is 436 g/mol. The van der Waals surface area contributed by atoms with E-state index in [1.165, 1.54) is 0 Å². The molecule has 7 heteroatoms. The van der Waals surface area contributed by atoms with E-state index in [0.29, 0.717) is 30.3 Å². The summed E-state index contributed by atoms with van der Waals surface area (Å²) in [7, 11) is 0. The van der Waals surface area contributed by atoms with Crippen molar-refractivity contribution in [3.8, 4) is 17.6 Å². The van der Waals surface area contributed by atoms with Crippen LogP contribution in [0.5, 0.6) is 11.5 Å². The Bertz CT molecular complexity index is 931. The lowest BCUT2D eigenvalue weighted by Crippen LogP contribution is -2.48. The van der Waals surface area contributed by atoms with E-state index in [-0.39, 0.29) is 18.1 Å². The fourth-order valence-electron chi connectivity index (χ4n) is 3.87. The second-order valence-corrected chi connectivity index (χ2v) is 7.83. The van der Waals surface area contributed by atoms with E-state index in [1.807, 2.05) is 63.2 Å². The molecule has 3 rings (SSSR count). The van der Waals surface area contributed by atoms with Gasteiger partial charge in [-0.25, -0.2) is 4.79 Å². The smallest absolute Gasteiger partial charge is 0.315 e. The number of amides is 2. The quantitative estimate of drug-likeness (QED) is 0.641. The summed E-state index contributed by atoms with van der Waals surface area (Å²) in [5.74, 6) is 1.40. The van der Waals surface area contributed by atoms with Gasteiger partial charge < -0.3 is 25.0 Å². The standard InChI is InChI=1S/C25H32N4O3/c1-4-31-23-11-8-20(16-24(23)32-5-2)18(3)27-25(30)28-21-12-14-29(15-13-21)22-9-6-19(17-26)7-10-22/h6-11,16,18,21H,4-5,12-15H2,1-3H3,(H2,27,28,30). The average Bonchev–Trinajstić information content (AvgIpc) is 2.81. The van der Waals surface area contributed by atoms with Gasteiger partial charge in [-0.15, -0.1) is 0 Å². The van der Waals surface area contributed by atoms with Crippen molar-refractivity contribution in [3.05, 3.63) is 53.6 Å². The second kappa shape index (κ2) is 11.3. The molecule has 1 fully saturated rings. The maximum atomic E-state index is 12.6. The number of carbonyl (C=O) groups excluding carboxylic acids is 1. The van der Waals surface area contributed by atoms with E-state index in [1.54, 1.807) is 0 Å². The number of piperidine rings is 1. The lowest BCUT2D eigenvalue weighted by molar-refractivity contribution is 0.231. The van der Waals surface area contributed by atoms with Crippen molar-refractivity contribution in [2.45, 2.75) is 45.7 Å². The molecule has 2 N–H and O–H groups in total. The van der Waals surface area contributed by atoms with Crippen molar-refractivity contribution in [1.82, 2.24) is 10.6 Å². The molecular weight excluding hydrogens is 404 g/mol. The number of nitrogens with one attached hydrogen (secondary N) is 2. The van der Waals surface area contributed by atoms with Crippen LogP contribution >= 0.6 is 0 Å². The van der Waals surface area contributed by atoms with Crippen LogP contribution in [0, 0.1) is 11.3 Å². The maximum Gasteiger partial charge on any atom is 0.315 e. The Morgan fingerprint density at radius 3 is 2.38 bits per heavy atom. The van der Waals surface area contributed by atoms with Gasteiger partial charge in [-0.1, -0.05) is 6.07 Å². The Labute approximate surface area is 190 Å². The van der Waals surface area contributed by atoms with Gasteiger partial charge >= 0.3 is 6.03 Å². The number of urea groups is 1. The van der Waals surface area contributed by atoms with Crippen molar-refractivity contribution < 1.29 is 14.3 Å². The molecule has 0 bridgehead atoms. The van der Waals surface area contributed by atoms with Crippen LogP contribution < -0.4 is 25.0 Å². The summed E-state index contributed by atoms with van der Waals surface area (Å²) in [6.07, 6.45) is 1.75. The minimum Gasteiger partial charge on any atom is -0.490 e. The average molecular weight is 437 g/mol. The van der Waals surface area contributed by atoms with E-state index in [0.717, 1.165) is 37.2 Å². The maximum absolute atomic E-state index is 12.6. The predicted molar refractivity (Wildman–Crippen MR) is 125 cm³/mol. The first-order chi connectivity index (χ1) is 15.5. The zero-order chi connectivity index (χ0) is 22.9. The topological polar surface area (TPSA) is 86.6 Å². The highest BCUT2D eigenvalue weighted by atomic mass is 16.5. The number of benzene rings is 2. The molecule has 0 aliphatic carbocycles. The first kappa shape index (κ1) is 23.3. The SMILES string of the molecule is CCOc1ccc(C(C)NC(=O)NC2CCN(c3ccc(C#N)cc3)CC2)cc1OCC. The molecular formula is C25H32N4O3. The lowest BCUT2D eigenvalue weighted by Gasteiger charge is -2.34. The minimum atomic E-state index is -0.166. The Balaban J connectivity index is 1.50. The summed E-state index contributed by atoms with van der Waals surface area (Å²) in [6, 6.07) is 15.4. The number of nitrogens with zero attached hydrogens (tertiary/aromatic N) is 2. The normalized spacial score (nSPS) is 14.9. The fraction of sp³-hybridized carbons (Fsp3) is 0.440. The largest absolute Gasteiger partial charge is 0.490 e. The summed E-state index contributed by atoms with van der Waals surface area (Å²) in [5, 5.41) is 15.1. The lowest BCUT2D eigenvalue weighted by atomic mass is 10.0. The summed E-state index contributed by atoms with van der Waals surface area (Å²) >= 11 is 0. The second-order valence-electron chi connectivity index (χ2n) is 7.83. The zero-order valence-electron chi connectivity index (χ0n) is 19.1. The van der Waals surface area contributed by atoms with Crippen molar-refractivity contribution in [3.63, 3.8) is 0 Å². The molecule has 1 atom stereocenters. The third-order valence-electron chi connectivity index (χ3n) is 5.61. The molecule has 0 radical (unpaired) electrons. The Hall–Kier alpha value is -3.40. The molecule has 2 amide bonds. The number of carbonyl (C=O) groups is 1. The number of nitriles is 1. The van der Waals surface area contributed by atoms with Crippen LogP contribution in [0.3, 0.4) is 0 Å². The molecule has 32 heavy (non-hydrogen) atoms. The molecule has 1 saturated heterocycles. The first-order valence-corrected chi connectivity index (χ1v) is 11.3. The third-order valence-corrected chi connectivity index (χ3v) is 5.61. The van der Waals surface area contributed by atoms with Crippen LogP contribution in [0.2, 0.25) is 0 Å². The Kier molecular flexibility index (Phi) is 8.20. The molecule has 1 unspecified atom stereocenters. The van der Waals surface area contributed by atoms with E-state index in [4.69, 9.17) is 14.7 Å². The van der Waals surface area contributed by atoms with Gasteiger partial charge in [0.25, 0.3) is 0 Å². The first-order valence-electron chi connectivity index (χ1n) is 11.3. The van der Waals surface area contributed by atoms with Crippen LogP contribution in [0.15, 0.2) is 42.5 Å². The van der Waals surface area contributed by atoms with Gasteiger partial charge in [0, 0.05) is 24.8 Å². The van der Waals surface area contributed by atoms with Crippen molar-refractivity contribution in [1.29, 1.82) is 5.26 Å². The van der Waals surface area contributed by atoms with Gasteiger partial charge in [0.05, 0.1) is 30.9 Å². The highest BCUT2D eigenvalue weighted by molar-refractivity contribution is 5.74. The molecule has 170 valence electrons. The van der Waals surface area contributed by atoms with Crippen molar-refractivity contribution in [2.75, 3.05) is 31.2 Å². The summed E-state index contributed by atoms with van der Waals surface area (Å²) in [5.41, 5.74) is 2.74. The van der Waals surface area contributed by atoms with Crippen LogP contribution in [-0.2, 0) is 0 Å². The van der Waals surface area contributed by atoms with Crippen LogP contribution in [0.1, 0.15) is 50.8 Å². The third kappa shape index (κ3) is 6.07. The molecule has 7 nitrogen and oxygen atoms in total. The molecule has 2 aromatic rings. The van der Waals surface area contributed by atoms with Crippen LogP contribution in [-0.4, -0.2) is 38.4 Å². The predicted octanol–water partition coefficient (Wildman–Crippen LogP) is 4.38.